The SMILES string of the molecule is N#CCNc1ccc(Cl)c(Br)c1. The zero-order chi connectivity index (χ0) is 8.97. The lowest BCUT2D eigenvalue weighted by atomic mass is 10.3. The largest absolute Gasteiger partial charge is 0.372 e. The molecule has 0 unspecified atom stereocenters. The van der Waals surface area contributed by atoms with E-state index in [0.717, 1.165) is 10.2 Å². The van der Waals surface area contributed by atoms with Gasteiger partial charge in [-0.25, -0.2) is 0 Å². The van der Waals surface area contributed by atoms with Crippen molar-refractivity contribution in [2.45, 2.75) is 0 Å². The van der Waals surface area contributed by atoms with Crippen LogP contribution in [0.4, 0.5) is 5.69 Å². The van der Waals surface area contributed by atoms with Gasteiger partial charge in [0.2, 0.25) is 0 Å². The lowest BCUT2D eigenvalue weighted by Crippen LogP contribution is -1.97. The average molecular weight is 246 g/mol. The van der Waals surface area contributed by atoms with E-state index in [1.54, 1.807) is 6.07 Å². The van der Waals surface area contributed by atoms with E-state index < -0.39 is 0 Å². The van der Waals surface area contributed by atoms with Gasteiger partial charge < -0.3 is 5.32 Å². The summed E-state index contributed by atoms with van der Waals surface area (Å²) in [5, 5.41) is 11.9. The predicted octanol–water partition coefficient (Wildman–Crippen LogP) is 3.04. The second kappa shape index (κ2) is 4.34. The summed E-state index contributed by atoms with van der Waals surface area (Å²) in [6.45, 7) is 0.300. The maximum Gasteiger partial charge on any atom is 0.103 e. The van der Waals surface area contributed by atoms with Gasteiger partial charge in [0.1, 0.15) is 6.54 Å². The van der Waals surface area contributed by atoms with Crippen LogP contribution in [0.3, 0.4) is 0 Å². The molecule has 1 N–H and O–H groups in total. The zero-order valence-electron chi connectivity index (χ0n) is 6.14. The van der Waals surface area contributed by atoms with Crippen molar-refractivity contribution in [1.82, 2.24) is 0 Å². The molecule has 1 rings (SSSR count). The van der Waals surface area contributed by atoms with Gasteiger partial charge in [-0.1, -0.05) is 11.6 Å². The first-order chi connectivity index (χ1) is 5.74. The Morgan fingerprint density at radius 1 is 1.58 bits per heavy atom. The summed E-state index contributed by atoms with van der Waals surface area (Å²) in [4.78, 5) is 0. The summed E-state index contributed by atoms with van der Waals surface area (Å²) < 4.78 is 0.826. The van der Waals surface area contributed by atoms with Crippen molar-refractivity contribution in [2.75, 3.05) is 11.9 Å². The average Bonchev–Trinajstić information content (AvgIpc) is 2.07. The monoisotopic (exact) mass is 244 g/mol. The van der Waals surface area contributed by atoms with Crippen molar-refractivity contribution in [3.8, 4) is 6.07 Å². The Labute approximate surface area is 84.3 Å². The van der Waals surface area contributed by atoms with Crippen molar-refractivity contribution < 1.29 is 0 Å². The minimum atomic E-state index is 0.300. The van der Waals surface area contributed by atoms with Crippen molar-refractivity contribution >= 4 is 33.2 Å². The summed E-state index contributed by atoms with van der Waals surface area (Å²) in [6, 6.07) is 7.42. The molecule has 4 heteroatoms. The molecule has 0 heterocycles. The van der Waals surface area contributed by atoms with Crippen LogP contribution in [0.1, 0.15) is 0 Å². The topological polar surface area (TPSA) is 35.8 Å². The van der Waals surface area contributed by atoms with Gasteiger partial charge in [-0.15, -0.1) is 0 Å². The van der Waals surface area contributed by atoms with Crippen LogP contribution in [-0.2, 0) is 0 Å². The minimum Gasteiger partial charge on any atom is -0.372 e. The van der Waals surface area contributed by atoms with E-state index >= 15 is 0 Å². The van der Waals surface area contributed by atoms with Crippen molar-refractivity contribution in [3.63, 3.8) is 0 Å². The number of nitriles is 1. The number of nitrogens with one attached hydrogen (secondary N) is 1. The molecular weight excluding hydrogens is 239 g/mol. The molecule has 0 aliphatic carbocycles. The molecule has 0 saturated carbocycles. The molecule has 0 aliphatic rings. The fraction of sp³-hybridized carbons (Fsp3) is 0.125. The number of hydrogen-bond acceptors (Lipinski definition) is 2. The highest BCUT2D eigenvalue weighted by Gasteiger charge is 1.97. The summed E-state index contributed by atoms with van der Waals surface area (Å²) in [7, 11) is 0. The first-order valence-corrected chi connectivity index (χ1v) is 4.47. The van der Waals surface area contributed by atoms with Crippen molar-refractivity contribution in [3.05, 3.63) is 27.7 Å². The Balaban J connectivity index is 2.77. The van der Waals surface area contributed by atoms with Gasteiger partial charge in [-0.2, -0.15) is 5.26 Å². The number of rotatable bonds is 2. The first kappa shape index (κ1) is 9.37. The summed E-state index contributed by atoms with van der Waals surface area (Å²) in [5.74, 6) is 0. The lowest BCUT2D eigenvalue weighted by Gasteiger charge is -2.02. The lowest BCUT2D eigenvalue weighted by molar-refractivity contribution is 1.31. The Kier molecular flexibility index (Phi) is 3.39. The summed E-state index contributed by atoms with van der Waals surface area (Å²) >= 11 is 9.06. The van der Waals surface area contributed by atoms with Crippen LogP contribution in [0.5, 0.6) is 0 Å². The molecular formula is C8H6BrClN2. The second-order valence-corrected chi connectivity index (χ2v) is 3.40. The normalized spacial score (nSPS) is 9.08. The third-order valence-electron chi connectivity index (χ3n) is 1.29. The fourth-order valence-corrected chi connectivity index (χ4v) is 1.24. The zero-order valence-corrected chi connectivity index (χ0v) is 8.48. The van der Waals surface area contributed by atoms with Gasteiger partial charge >= 0.3 is 0 Å². The van der Waals surface area contributed by atoms with Crippen molar-refractivity contribution in [2.24, 2.45) is 0 Å². The molecule has 0 amide bonds. The summed E-state index contributed by atoms with van der Waals surface area (Å²) in [5.41, 5.74) is 0.882. The van der Waals surface area contributed by atoms with Crippen LogP contribution in [0.25, 0.3) is 0 Å². The van der Waals surface area contributed by atoms with Crippen LogP contribution < -0.4 is 5.32 Å². The quantitative estimate of drug-likeness (QED) is 0.813. The Hall–Kier alpha value is -0.720. The maximum atomic E-state index is 8.30. The van der Waals surface area contributed by atoms with E-state index in [1.807, 2.05) is 18.2 Å². The van der Waals surface area contributed by atoms with E-state index in [9.17, 15) is 0 Å². The van der Waals surface area contributed by atoms with Crippen LogP contribution in [0.2, 0.25) is 5.02 Å². The van der Waals surface area contributed by atoms with Gasteiger partial charge in [0.05, 0.1) is 11.1 Å². The smallest absolute Gasteiger partial charge is 0.103 e. The molecule has 2 nitrogen and oxygen atoms in total. The van der Waals surface area contributed by atoms with Gasteiger partial charge in [0, 0.05) is 10.2 Å². The number of benzene rings is 1. The van der Waals surface area contributed by atoms with E-state index in [1.165, 1.54) is 0 Å². The Morgan fingerprint density at radius 2 is 2.33 bits per heavy atom. The van der Waals surface area contributed by atoms with E-state index in [2.05, 4.69) is 21.2 Å². The van der Waals surface area contributed by atoms with E-state index in [-0.39, 0.29) is 0 Å². The van der Waals surface area contributed by atoms with Gasteiger partial charge in [-0.05, 0) is 34.1 Å². The van der Waals surface area contributed by atoms with E-state index in [4.69, 9.17) is 16.9 Å². The minimum absolute atomic E-state index is 0.300. The third kappa shape index (κ3) is 2.40. The molecule has 0 aliphatic heterocycles. The van der Waals surface area contributed by atoms with Crippen LogP contribution in [0.15, 0.2) is 22.7 Å². The fourth-order valence-electron chi connectivity index (χ4n) is 0.748. The first-order valence-electron chi connectivity index (χ1n) is 3.30. The molecule has 12 heavy (non-hydrogen) atoms. The molecule has 0 saturated heterocycles. The second-order valence-electron chi connectivity index (χ2n) is 2.14. The van der Waals surface area contributed by atoms with Gasteiger partial charge in [-0.3, -0.25) is 0 Å². The highest BCUT2D eigenvalue weighted by Crippen LogP contribution is 2.25. The standard InChI is InChI=1S/C8H6BrClN2/c9-7-5-6(12-4-3-11)1-2-8(7)10/h1-2,5,12H,4H2. The number of nitrogens with zero attached hydrogens (tertiary/aromatic N) is 1. The Morgan fingerprint density at radius 3 is 2.92 bits per heavy atom. The molecule has 62 valence electrons. The third-order valence-corrected chi connectivity index (χ3v) is 2.51. The molecule has 0 bridgehead atoms. The van der Waals surface area contributed by atoms with Gasteiger partial charge in [0.25, 0.3) is 0 Å². The molecule has 1 aromatic rings. The van der Waals surface area contributed by atoms with Crippen LogP contribution in [-0.4, -0.2) is 6.54 Å². The summed E-state index contributed by atoms with van der Waals surface area (Å²) in [6.07, 6.45) is 0. The van der Waals surface area contributed by atoms with Crippen LogP contribution in [0, 0.1) is 11.3 Å². The molecule has 0 radical (unpaired) electrons. The predicted molar refractivity (Wildman–Crippen MR) is 53.3 cm³/mol. The van der Waals surface area contributed by atoms with Crippen LogP contribution >= 0.6 is 27.5 Å². The maximum absolute atomic E-state index is 8.30. The molecule has 1 aromatic carbocycles. The number of anilines is 1. The van der Waals surface area contributed by atoms with Crippen molar-refractivity contribution in [1.29, 1.82) is 5.26 Å². The molecule has 0 spiro atoms. The number of halogens is 2. The molecule has 0 atom stereocenters. The van der Waals surface area contributed by atoms with Gasteiger partial charge in [0.15, 0.2) is 0 Å². The highest BCUT2D eigenvalue weighted by atomic mass is 79.9. The van der Waals surface area contributed by atoms with E-state index in [0.29, 0.717) is 11.6 Å². The molecule has 0 fully saturated rings. The Bertz CT molecular complexity index is 319. The number of hydrogen-bond donors (Lipinski definition) is 1. The highest BCUT2D eigenvalue weighted by molar-refractivity contribution is 9.10. The molecule has 0 aromatic heterocycles.